The fourth-order valence-electron chi connectivity index (χ4n) is 8.87. The first-order valence-corrected chi connectivity index (χ1v) is 15.5. The van der Waals surface area contributed by atoms with E-state index in [1.807, 2.05) is 0 Å². The van der Waals surface area contributed by atoms with E-state index >= 15 is 0 Å². The fourth-order valence-corrected chi connectivity index (χ4v) is 8.87. The minimum atomic E-state index is -2.12. The summed E-state index contributed by atoms with van der Waals surface area (Å²) in [4.78, 5) is 54.2. The number of carbonyl (C=O) groups is 4. The van der Waals surface area contributed by atoms with Crippen LogP contribution in [0.25, 0.3) is 0 Å². The molecule has 4 fully saturated rings. The Bertz CT molecular complexity index is 1260. The number of ether oxygens (including phenoxy) is 5. The van der Waals surface area contributed by atoms with Crippen molar-refractivity contribution >= 4 is 23.9 Å². The van der Waals surface area contributed by atoms with Crippen LogP contribution in [0.2, 0.25) is 0 Å². The highest BCUT2D eigenvalue weighted by molar-refractivity contribution is 5.95. The molecule has 1 heterocycles. The molecular weight excluding hydrogens is 576 g/mol. The molecule has 1 saturated heterocycles. The highest BCUT2D eigenvalue weighted by Crippen LogP contribution is 2.65. The van der Waals surface area contributed by atoms with Gasteiger partial charge in [0, 0.05) is 25.2 Å². The van der Waals surface area contributed by atoms with E-state index in [2.05, 4.69) is 0 Å². The smallest absolute Gasteiger partial charge is 0.459 e. The number of esters is 2. The third-order valence-corrected chi connectivity index (χ3v) is 11.6. The molecule has 2 unspecified atom stereocenters. The summed E-state index contributed by atoms with van der Waals surface area (Å²) < 4.78 is 28.6. The summed E-state index contributed by atoms with van der Waals surface area (Å²) in [5.74, 6) is -3.95. The molecule has 5 rings (SSSR count). The van der Waals surface area contributed by atoms with E-state index in [-0.39, 0.29) is 25.0 Å². The number of carbonyl (C=O) groups excluding carboxylic acids is 4. The van der Waals surface area contributed by atoms with Crippen molar-refractivity contribution < 1.29 is 58.2 Å². The standard InChI is InChI=1S/C32H46O12/c1-16-21-22(42-17(2)33)24(35)30(6)19(34)13-20-31(15-41-20,44-27(37)40-7)23(30)25(43-26(36)18-11-9-8-10-12-18)32(39,28(21,3)4)14-29(16,5)38/h18-20,22-23,25,34,38-39H,8-15H2,1-7H3/t19?,20-,22-,23?,25+,29+,30-,31+,32-/m1/s1. The molecule has 3 saturated carbocycles. The number of methoxy groups -OCH3 is 1. The summed E-state index contributed by atoms with van der Waals surface area (Å²) >= 11 is 0. The summed E-state index contributed by atoms with van der Waals surface area (Å²) in [5, 5.41) is 36.7. The Morgan fingerprint density at radius 1 is 1.00 bits per heavy atom. The van der Waals surface area contributed by atoms with Gasteiger partial charge in [0.25, 0.3) is 0 Å². The van der Waals surface area contributed by atoms with Crippen LogP contribution in [-0.4, -0.2) is 94.1 Å². The highest BCUT2D eigenvalue weighted by atomic mass is 16.8. The average molecular weight is 623 g/mol. The van der Waals surface area contributed by atoms with E-state index in [0.717, 1.165) is 33.3 Å². The number of hydrogen-bond donors (Lipinski definition) is 3. The van der Waals surface area contributed by atoms with Crippen molar-refractivity contribution in [3.63, 3.8) is 0 Å². The first kappa shape index (κ1) is 32.8. The molecule has 12 heteroatoms. The van der Waals surface area contributed by atoms with Gasteiger partial charge in [-0.1, -0.05) is 33.1 Å². The summed E-state index contributed by atoms with van der Waals surface area (Å²) in [7, 11) is 1.12. The first-order chi connectivity index (χ1) is 20.4. The second kappa shape index (κ2) is 10.8. The summed E-state index contributed by atoms with van der Waals surface area (Å²) in [6.45, 7) is 8.76. The third-order valence-electron chi connectivity index (χ3n) is 11.6. The molecular formula is C32H46O12. The van der Waals surface area contributed by atoms with E-state index in [1.54, 1.807) is 20.8 Å². The van der Waals surface area contributed by atoms with Crippen LogP contribution in [0, 0.1) is 22.7 Å². The molecule has 0 spiro atoms. The molecule has 0 amide bonds. The summed E-state index contributed by atoms with van der Waals surface area (Å²) in [6, 6.07) is 0. The topological polar surface area (TPSA) is 175 Å². The second-order valence-electron chi connectivity index (χ2n) is 14.4. The Morgan fingerprint density at radius 2 is 1.64 bits per heavy atom. The van der Waals surface area contributed by atoms with Crippen LogP contribution in [0.15, 0.2) is 11.1 Å². The number of ketones is 1. The fraction of sp³-hybridized carbons (Fsp3) is 0.812. The zero-order valence-corrected chi connectivity index (χ0v) is 26.6. The predicted octanol–water partition coefficient (Wildman–Crippen LogP) is 2.53. The SMILES string of the molecule is COC(=O)O[C@@]12CO[C@@H]1CC(O)[C@@]1(C)C(=O)[C@H](OC(C)=O)C3=C(C)[C@@](C)(O)C[C@@](O)([C@@H](OC(=O)C4CCCCC4)C12)C3(C)C. The van der Waals surface area contributed by atoms with Crippen LogP contribution in [0.5, 0.6) is 0 Å². The van der Waals surface area contributed by atoms with Crippen molar-refractivity contribution in [1.82, 2.24) is 0 Å². The monoisotopic (exact) mass is 622 g/mol. The molecule has 1 aliphatic heterocycles. The normalized spacial score (nSPS) is 43.3. The van der Waals surface area contributed by atoms with Crippen LogP contribution in [-0.2, 0) is 38.1 Å². The largest absolute Gasteiger partial charge is 0.508 e. The van der Waals surface area contributed by atoms with Crippen molar-refractivity contribution in [2.24, 2.45) is 22.7 Å². The zero-order valence-electron chi connectivity index (χ0n) is 26.6. The molecule has 4 aliphatic carbocycles. The van der Waals surface area contributed by atoms with Gasteiger partial charge in [0.15, 0.2) is 17.5 Å². The molecule has 246 valence electrons. The van der Waals surface area contributed by atoms with Crippen molar-refractivity contribution in [1.29, 1.82) is 0 Å². The minimum absolute atomic E-state index is 0.136. The van der Waals surface area contributed by atoms with Gasteiger partial charge in [-0.05, 0) is 44.8 Å². The molecule has 0 radical (unpaired) electrons. The Kier molecular flexibility index (Phi) is 8.04. The third kappa shape index (κ3) is 4.53. The lowest BCUT2D eigenvalue weighted by atomic mass is 9.44. The van der Waals surface area contributed by atoms with Crippen LogP contribution < -0.4 is 0 Å². The van der Waals surface area contributed by atoms with Gasteiger partial charge in [-0.15, -0.1) is 0 Å². The van der Waals surface area contributed by atoms with Crippen LogP contribution in [0.3, 0.4) is 0 Å². The van der Waals surface area contributed by atoms with Crippen molar-refractivity contribution in [3.05, 3.63) is 11.1 Å². The molecule has 0 aromatic carbocycles. The van der Waals surface area contributed by atoms with Crippen molar-refractivity contribution in [3.8, 4) is 0 Å². The van der Waals surface area contributed by atoms with E-state index < -0.39 is 87.8 Å². The van der Waals surface area contributed by atoms with Gasteiger partial charge < -0.3 is 39.0 Å². The maximum absolute atomic E-state index is 15.0. The molecule has 9 atom stereocenters. The van der Waals surface area contributed by atoms with Gasteiger partial charge in [-0.25, -0.2) is 4.79 Å². The number of rotatable bonds is 4. The molecule has 0 aromatic heterocycles. The molecule has 12 nitrogen and oxygen atoms in total. The Morgan fingerprint density at radius 3 is 2.18 bits per heavy atom. The maximum atomic E-state index is 15.0. The van der Waals surface area contributed by atoms with Crippen molar-refractivity contribution in [2.45, 2.75) is 128 Å². The summed E-state index contributed by atoms with van der Waals surface area (Å²) in [5.41, 5.74) is -8.39. The molecule has 0 aromatic rings. The number of aliphatic hydroxyl groups is 3. The van der Waals surface area contributed by atoms with E-state index in [9.17, 15) is 34.5 Å². The Balaban J connectivity index is 1.83. The predicted molar refractivity (Wildman–Crippen MR) is 152 cm³/mol. The molecule has 3 N–H and O–H groups in total. The lowest BCUT2D eigenvalue weighted by Crippen LogP contribution is -2.82. The van der Waals surface area contributed by atoms with E-state index in [1.165, 1.54) is 13.8 Å². The molecule has 5 aliphatic rings. The number of fused-ring (bicyclic) bond motifs is 5. The quantitative estimate of drug-likeness (QED) is 0.238. The second-order valence-corrected chi connectivity index (χ2v) is 14.4. The highest BCUT2D eigenvalue weighted by Gasteiger charge is 2.79. The molecule has 2 bridgehead atoms. The van der Waals surface area contributed by atoms with E-state index in [0.29, 0.717) is 18.4 Å². The number of hydrogen-bond acceptors (Lipinski definition) is 12. The van der Waals surface area contributed by atoms with Crippen molar-refractivity contribution in [2.75, 3.05) is 13.7 Å². The Labute approximate surface area is 257 Å². The van der Waals surface area contributed by atoms with Gasteiger partial charge in [-0.2, -0.15) is 0 Å². The van der Waals surface area contributed by atoms with Gasteiger partial charge in [0.2, 0.25) is 0 Å². The molecule has 44 heavy (non-hydrogen) atoms. The van der Waals surface area contributed by atoms with Gasteiger partial charge in [0.1, 0.15) is 17.8 Å². The lowest BCUT2D eigenvalue weighted by Gasteiger charge is -2.67. The van der Waals surface area contributed by atoms with Gasteiger partial charge in [0.05, 0.1) is 42.7 Å². The Hall–Kier alpha value is -2.54. The van der Waals surface area contributed by atoms with Crippen LogP contribution in [0.4, 0.5) is 4.79 Å². The number of aliphatic hydroxyl groups excluding tert-OH is 1. The maximum Gasteiger partial charge on any atom is 0.508 e. The average Bonchev–Trinajstić information content (AvgIpc) is 2.94. The number of Topliss-reactive ketones (excluding diaryl/α,β-unsaturated/α-hetero) is 1. The zero-order chi connectivity index (χ0) is 32.6. The minimum Gasteiger partial charge on any atom is -0.459 e. The first-order valence-electron chi connectivity index (χ1n) is 15.5. The van der Waals surface area contributed by atoms with Crippen LogP contribution in [0.1, 0.15) is 86.5 Å². The summed E-state index contributed by atoms with van der Waals surface area (Å²) in [6.07, 6.45) is -3.33. The lowest BCUT2D eigenvalue weighted by molar-refractivity contribution is -0.347. The van der Waals surface area contributed by atoms with Gasteiger partial charge >= 0.3 is 18.1 Å². The van der Waals surface area contributed by atoms with Gasteiger partial charge in [-0.3, -0.25) is 14.4 Å². The van der Waals surface area contributed by atoms with E-state index in [4.69, 9.17) is 23.7 Å². The van der Waals surface area contributed by atoms with Crippen LogP contribution >= 0.6 is 0 Å².